The minimum Gasteiger partial charge on any atom is -0.379 e. The van der Waals surface area contributed by atoms with E-state index in [9.17, 15) is 0 Å². The summed E-state index contributed by atoms with van der Waals surface area (Å²) in [5.41, 5.74) is 0.0133. The maximum Gasteiger partial charge on any atom is 0.0634 e. The first kappa shape index (κ1) is 14.3. The Hall–Kier alpha value is 0.210. The summed E-state index contributed by atoms with van der Waals surface area (Å²) < 4.78 is 5.46. The molecule has 1 rings (SSSR count). The molecule has 0 aromatic heterocycles. The molecule has 3 heteroatoms. The average Bonchev–Trinajstić information content (AvgIpc) is 2.28. The molecule has 0 bridgehead atoms. The minimum atomic E-state index is 0.0133. The van der Waals surface area contributed by atoms with Crippen LogP contribution in [-0.4, -0.2) is 43.1 Å². The van der Waals surface area contributed by atoms with Crippen LogP contribution in [0.3, 0.4) is 0 Å². The summed E-state index contributed by atoms with van der Waals surface area (Å²) in [6.07, 6.45) is 4.97. The van der Waals surface area contributed by atoms with Crippen LogP contribution < -0.4 is 0 Å². The standard InChI is InChI=1S/C13H26ClNO/c1-13(2,16-3)7-10-15-9-4-5-12(11-15)6-8-14/h12H,4-11H2,1-3H3. The van der Waals surface area contributed by atoms with Gasteiger partial charge in [0.05, 0.1) is 5.60 Å². The number of hydrogen-bond acceptors (Lipinski definition) is 2. The smallest absolute Gasteiger partial charge is 0.0634 e. The molecular weight excluding hydrogens is 222 g/mol. The average molecular weight is 248 g/mol. The van der Waals surface area contributed by atoms with Gasteiger partial charge in [0.1, 0.15) is 0 Å². The van der Waals surface area contributed by atoms with Crippen molar-refractivity contribution in [2.75, 3.05) is 32.6 Å². The Bertz CT molecular complexity index is 194. The Labute approximate surface area is 105 Å². The van der Waals surface area contributed by atoms with Crippen LogP contribution in [0, 0.1) is 5.92 Å². The topological polar surface area (TPSA) is 12.5 Å². The molecule has 0 saturated carbocycles. The summed E-state index contributed by atoms with van der Waals surface area (Å²) in [5.74, 6) is 1.62. The van der Waals surface area contributed by atoms with Gasteiger partial charge in [-0.2, -0.15) is 0 Å². The molecule has 1 unspecified atom stereocenters. The monoisotopic (exact) mass is 247 g/mol. The fraction of sp³-hybridized carbons (Fsp3) is 1.00. The van der Waals surface area contributed by atoms with Crippen LogP contribution in [-0.2, 0) is 4.74 Å². The maximum atomic E-state index is 5.82. The molecule has 1 aliphatic heterocycles. The summed E-state index contributed by atoms with van der Waals surface area (Å²) in [6.45, 7) is 7.95. The summed E-state index contributed by atoms with van der Waals surface area (Å²) in [4.78, 5) is 2.57. The highest BCUT2D eigenvalue weighted by atomic mass is 35.5. The van der Waals surface area contributed by atoms with Crippen molar-refractivity contribution >= 4 is 11.6 Å². The number of rotatable bonds is 6. The molecule has 0 amide bonds. The van der Waals surface area contributed by atoms with Gasteiger partial charge in [-0.25, -0.2) is 0 Å². The molecule has 0 aliphatic carbocycles. The Balaban J connectivity index is 2.26. The van der Waals surface area contributed by atoms with E-state index in [0.29, 0.717) is 0 Å². The van der Waals surface area contributed by atoms with Gasteiger partial charge < -0.3 is 9.64 Å². The number of methoxy groups -OCH3 is 1. The normalized spacial score (nSPS) is 23.6. The van der Waals surface area contributed by atoms with Gasteiger partial charge in [-0.15, -0.1) is 11.6 Å². The summed E-state index contributed by atoms with van der Waals surface area (Å²) in [6, 6.07) is 0. The van der Waals surface area contributed by atoms with E-state index in [1.165, 1.54) is 32.4 Å². The largest absolute Gasteiger partial charge is 0.379 e. The van der Waals surface area contributed by atoms with Crippen LogP contribution in [0.2, 0.25) is 0 Å². The van der Waals surface area contributed by atoms with Crippen LogP contribution in [0.25, 0.3) is 0 Å². The van der Waals surface area contributed by atoms with E-state index in [-0.39, 0.29) is 5.60 Å². The number of likely N-dealkylation sites (tertiary alicyclic amines) is 1. The molecule has 0 N–H and O–H groups in total. The van der Waals surface area contributed by atoms with Gasteiger partial charge in [0.15, 0.2) is 0 Å². The number of nitrogens with zero attached hydrogens (tertiary/aromatic N) is 1. The van der Waals surface area contributed by atoms with E-state index in [4.69, 9.17) is 16.3 Å². The van der Waals surface area contributed by atoms with Crippen molar-refractivity contribution in [1.82, 2.24) is 4.90 Å². The van der Waals surface area contributed by atoms with Crippen molar-refractivity contribution in [2.24, 2.45) is 5.92 Å². The zero-order valence-electron chi connectivity index (χ0n) is 11.0. The van der Waals surface area contributed by atoms with Crippen molar-refractivity contribution in [3.05, 3.63) is 0 Å². The highest BCUT2D eigenvalue weighted by Gasteiger charge is 2.22. The Kier molecular flexibility index (Phi) is 6.09. The first-order chi connectivity index (χ1) is 7.57. The number of piperidine rings is 1. The lowest BCUT2D eigenvalue weighted by Crippen LogP contribution is -2.39. The Morgan fingerprint density at radius 2 is 2.19 bits per heavy atom. The van der Waals surface area contributed by atoms with Gasteiger partial charge in [-0.3, -0.25) is 0 Å². The second-order valence-corrected chi connectivity index (χ2v) is 5.88. The van der Waals surface area contributed by atoms with Crippen molar-refractivity contribution in [1.29, 1.82) is 0 Å². The third kappa shape index (κ3) is 5.03. The number of alkyl halides is 1. The molecule has 96 valence electrons. The lowest BCUT2D eigenvalue weighted by molar-refractivity contribution is 0.00408. The lowest BCUT2D eigenvalue weighted by atomic mass is 9.94. The third-order valence-electron chi connectivity index (χ3n) is 3.70. The number of hydrogen-bond donors (Lipinski definition) is 0. The summed E-state index contributed by atoms with van der Waals surface area (Å²) in [5, 5.41) is 0. The first-order valence-corrected chi connectivity index (χ1v) is 6.94. The van der Waals surface area contributed by atoms with Crippen LogP contribution in [0.5, 0.6) is 0 Å². The van der Waals surface area contributed by atoms with Crippen molar-refractivity contribution in [3.8, 4) is 0 Å². The van der Waals surface area contributed by atoms with Crippen LogP contribution >= 0.6 is 11.6 Å². The fourth-order valence-electron chi connectivity index (χ4n) is 2.27. The molecule has 1 fully saturated rings. The molecule has 1 atom stereocenters. The fourth-order valence-corrected chi connectivity index (χ4v) is 2.58. The van der Waals surface area contributed by atoms with Crippen molar-refractivity contribution in [2.45, 2.75) is 45.1 Å². The quantitative estimate of drug-likeness (QED) is 0.669. The van der Waals surface area contributed by atoms with Gasteiger partial charge in [0, 0.05) is 26.1 Å². The zero-order chi connectivity index (χ0) is 12.0. The zero-order valence-corrected chi connectivity index (χ0v) is 11.7. The van der Waals surface area contributed by atoms with Gasteiger partial charge in [-0.05, 0) is 52.0 Å². The summed E-state index contributed by atoms with van der Waals surface area (Å²) in [7, 11) is 1.80. The molecule has 1 heterocycles. The molecule has 0 aromatic carbocycles. The van der Waals surface area contributed by atoms with E-state index in [1.807, 2.05) is 0 Å². The van der Waals surface area contributed by atoms with Gasteiger partial charge in [0.2, 0.25) is 0 Å². The minimum absolute atomic E-state index is 0.0133. The van der Waals surface area contributed by atoms with E-state index >= 15 is 0 Å². The molecule has 0 radical (unpaired) electrons. The van der Waals surface area contributed by atoms with Crippen LogP contribution in [0.15, 0.2) is 0 Å². The predicted octanol–water partition coefficient (Wildman–Crippen LogP) is 3.14. The number of halogens is 1. The maximum absolute atomic E-state index is 5.82. The van der Waals surface area contributed by atoms with E-state index in [0.717, 1.165) is 24.8 Å². The SMILES string of the molecule is COC(C)(C)CCN1CCCC(CCCl)C1. The van der Waals surface area contributed by atoms with E-state index < -0.39 is 0 Å². The van der Waals surface area contributed by atoms with Crippen molar-refractivity contribution in [3.63, 3.8) is 0 Å². The van der Waals surface area contributed by atoms with Crippen molar-refractivity contribution < 1.29 is 4.74 Å². The highest BCUT2D eigenvalue weighted by molar-refractivity contribution is 6.17. The lowest BCUT2D eigenvalue weighted by Gasteiger charge is -2.34. The molecular formula is C13H26ClNO. The van der Waals surface area contributed by atoms with Gasteiger partial charge >= 0.3 is 0 Å². The molecule has 1 saturated heterocycles. The molecule has 1 aliphatic rings. The second-order valence-electron chi connectivity index (χ2n) is 5.50. The van der Waals surface area contributed by atoms with Gasteiger partial charge in [0.25, 0.3) is 0 Å². The third-order valence-corrected chi connectivity index (χ3v) is 3.92. The van der Waals surface area contributed by atoms with Crippen LogP contribution in [0.4, 0.5) is 0 Å². The molecule has 16 heavy (non-hydrogen) atoms. The molecule has 0 aromatic rings. The predicted molar refractivity (Wildman–Crippen MR) is 70.2 cm³/mol. The second kappa shape index (κ2) is 6.83. The highest BCUT2D eigenvalue weighted by Crippen LogP contribution is 2.22. The molecule has 0 spiro atoms. The number of ether oxygens (including phenoxy) is 1. The van der Waals surface area contributed by atoms with Gasteiger partial charge in [-0.1, -0.05) is 0 Å². The molecule has 2 nitrogen and oxygen atoms in total. The Morgan fingerprint density at radius 1 is 1.44 bits per heavy atom. The first-order valence-electron chi connectivity index (χ1n) is 6.41. The van der Waals surface area contributed by atoms with E-state index in [1.54, 1.807) is 7.11 Å². The van der Waals surface area contributed by atoms with E-state index in [2.05, 4.69) is 18.7 Å². The van der Waals surface area contributed by atoms with Crippen LogP contribution in [0.1, 0.15) is 39.5 Å². The Morgan fingerprint density at radius 3 is 2.81 bits per heavy atom. The summed E-state index contributed by atoms with van der Waals surface area (Å²) >= 11 is 5.82.